The van der Waals surface area contributed by atoms with E-state index in [1.165, 1.54) is 20.3 Å². The van der Waals surface area contributed by atoms with Crippen LogP contribution in [0.15, 0.2) is 60.7 Å². The molecule has 2 aromatic heterocycles. The van der Waals surface area contributed by atoms with Crippen molar-refractivity contribution in [2.45, 2.75) is 6.18 Å². The third kappa shape index (κ3) is 4.07. The van der Waals surface area contributed by atoms with Gasteiger partial charge in [-0.05, 0) is 18.2 Å². The molecule has 0 spiro atoms. The van der Waals surface area contributed by atoms with Crippen LogP contribution in [0.2, 0.25) is 0 Å². The molecule has 0 saturated carbocycles. The van der Waals surface area contributed by atoms with Crippen LogP contribution in [0.25, 0.3) is 16.9 Å². The first-order chi connectivity index (χ1) is 15.3. The molecule has 10 heteroatoms. The first-order valence-electron chi connectivity index (χ1n) is 9.37. The summed E-state index contributed by atoms with van der Waals surface area (Å²) >= 11 is 0. The topological polar surface area (TPSA) is 77.8 Å². The molecule has 2 aromatic carbocycles. The molecule has 0 atom stereocenters. The first-order valence-corrected chi connectivity index (χ1v) is 9.37. The number of alkyl halides is 3. The van der Waals surface area contributed by atoms with Crippen LogP contribution >= 0.6 is 0 Å². The predicted octanol–water partition coefficient (Wildman–Crippen LogP) is 4.68. The Morgan fingerprint density at radius 1 is 1.00 bits per heavy atom. The quantitative estimate of drug-likeness (QED) is 0.486. The number of rotatable bonds is 5. The van der Waals surface area contributed by atoms with E-state index in [0.717, 1.165) is 6.07 Å². The summed E-state index contributed by atoms with van der Waals surface area (Å²) in [5, 5.41) is 6.45. The van der Waals surface area contributed by atoms with Crippen molar-refractivity contribution < 1.29 is 27.4 Å². The van der Waals surface area contributed by atoms with Crippen LogP contribution in [-0.4, -0.2) is 34.7 Å². The number of hydrogen-bond donors (Lipinski definition) is 1. The van der Waals surface area contributed by atoms with Crippen LogP contribution in [0.4, 0.5) is 18.9 Å². The van der Waals surface area contributed by atoms with Crippen LogP contribution in [0.5, 0.6) is 11.5 Å². The van der Waals surface area contributed by atoms with Crippen LogP contribution in [0.1, 0.15) is 16.2 Å². The van der Waals surface area contributed by atoms with E-state index in [9.17, 15) is 18.0 Å². The summed E-state index contributed by atoms with van der Waals surface area (Å²) in [4.78, 5) is 17.0. The average molecular weight is 442 g/mol. The van der Waals surface area contributed by atoms with E-state index in [0.29, 0.717) is 27.3 Å². The zero-order chi connectivity index (χ0) is 22.9. The number of nitrogens with zero attached hydrogens (tertiary/aromatic N) is 3. The smallest absolute Gasteiger partial charge is 0.433 e. The number of nitrogens with one attached hydrogen (secondary N) is 1. The van der Waals surface area contributed by atoms with Gasteiger partial charge in [-0.25, -0.2) is 9.50 Å². The van der Waals surface area contributed by atoms with E-state index in [4.69, 9.17) is 9.47 Å². The van der Waals surface area contributed by atoms with Gasteiger partial charge in [-0.2, -0.15) is 18.3 Å². The third-order valence-electron chi connectivity index (χ3n) is 4.68. The second-order valence-electron chi connectivity index (χ2n) is 6.71. The molecule has 0 saturated heterocycles. The molecule has 0 radical (unpaired) electrons. The SMILES string of the molecule is COc1ccc(NC(=O)c2cc3nc(-c4ccccc4)cc(C(F)(F)F)n3n2)c(OC)c1. The minimum absolute atomic E-state index is 0.106. The highest BCUT2D eigenvalue weighted by molar-refractivity contribution is 6.04. The van der Waals surface area contributed by atoms with Crippen molar-refractivity contribution in [3.05, 3.63) is 72.1 Å². The van der Waals surface area contributed by atoms with Gasteiger partial charge >= 0.3 is 6.18 Å². The van der Waals surface area contributed by atoms with Crippen molar-refractivity contribution in [1.82, 2.24) is 14.6 Å². The lowest BCUT2D eigenvalue weighted by Crippen LogP contribution is -2.16. The van der Waals surface area contributed by atoms with Gasteiger partial charge in [0.15, 0.2) is 17.0 Å². The number of methoxy groups -OCH3 is 2. The molecule has 0 aliphatic rings. The van der Waals surface area contributed by atoms with Crippen molar-refractivity contribution in [2.24, 2.45) is 0 Å². The number of amides is 1. The summed E-state index contributed by atoms with van der Waals surface area (Å²) < 4.78 is 52.1. The van der Waals surface area contributed by atoms with Gasteiger partial charge in [0.05, 0.1) is 25.6 Å². The van der Waals surface area contributed by atoms with Crippen molar-refractivity contribution in [3.63, 3.8) is 0 Å². The largest absolute Gasteiger partial charge is 0.497 e. The summed E-state index contributed by atoms with van der Waals surface area (Å²) in [5.74, 6) is 0.121. The Balaban J connectivity index is 1.75. The Morgan fingerprint density at radius 2 is 1.75 bits per heavy atom. The van der Waals surface area contributed by atoms with Crippen LogP contribution in [0, 0.1) is 0 Å². The minimum Gasteiger partial charge on any atom is -0.497 e. The second-order valence-corrected chi connectivity index (χ2v) is 6.71. The average Bonchev–Trinajstić information content (AvgIpc) is 3.23. The molecular formula is C22H17F3N4O3. The van der Waals surface area contributed by atoms with Gasteiger partial charge in [0, 0.05) is 17.7 Å². The standard InChI is InChI=1S/C22H17F3N4O3/c1-31-14-8-9-15(18(10-14)32-2)27-21(30)17-12-20-26-16(13-6-4-3-5-7-13)11-19(22(23,24)25)29(20)28-17/h3-12H,1-2H3,(H,27,30). The molecule has 0 aliphatic carbocycles. The number of carbonyl (C=O) groups excluding carboxylic acids is 1. The highest BCUT2D eigenvalue weighted by atomic mass is 19.4. The van der Waals surface area contributed by atoms with Gasteiger partial charge in [-0.3, -0.25) is 4.79 Å². The van der Waals surface area contributed by atoms with Crippen molar-refractivity contribution >= 4 is 17.2 Å². The monoisotopic (exact) mass is 442 g/mol. The zero-order valence-electron chi connectivity index (χ0n) is 17.0. The number of aromatic nitrogens is 3. The Bertz CT molecular complexity index is 1290. The van der Waals surface area contributed by atoms with E-state index in [2.05, 4.69) is 15.4 Å². The maximum atomic E-state index is 13.7. The molecule has 4 aromatic rings. The van der Waals surface area contributed by atoms with E-state index in [1.807, 2.05) is 0 Å². The van der Waals surface area contributed by atoms with Gasteiger partial charge in [-0.1, -0.05) is 30.3 Å². The molecule has 4 rings (SSSR count). The summed E-state index contributed by atoms with van der Waals surface area (Å²) in [7, 11) is 2.90. The van der Waals surface area contributed by atoms with Crippen LogP contribution in [0.3, 0.4) is 0 Å². The van der Waals surface area contributed by atoms with Gasteiger partial charge in [0.2, 0.25) is 0 Å². The van der Waals surface area contributed by atoms with Gasteiger partial charge in [-0.15, -0.1) is 0 Å². The third-order valence-corrected chi connectivity index (χ3v) is 4.68. The van der Waals surface area contributed by atoms with Gasteiger partial charge in [0.25, 0.3) is 5.91 Å². The molecule has 7 nitrogen and oxygen atoms in total. The van der Waals surface area contributed by atoms with Crippen LogP contribution < -0.4 is 14.8 Å². The molecule has 32 heavy (non-hydrogen) atoms. The zero-order valence-corrected chi connectivity index (χ0v) is 17.0. The lowest BCUT2D eigenvalue weighted by molar-refractivity contribution is -0.142. The summed E-state index contributed by atoms with van der Waals surface area (Å²) in [5.41, 5.74) is -0.437. The highest BCUT2D eigenvalue weighted by Gasteiger charge is 2.35. The number of fused-ring (bicyclic) bond motifs is 1. The molecule has 2 heterocycles. The van der Waals surface area contributed by atoms with E-state index >= 15 is 0 Å². The maximum absolute atomic E-state index is 13.7. The van der Waals surface area contributed by atoms with E-state index in [1.54, 1.807) is 48.5 Å². The number of anilines is 1. The van der Waals surface area contributed by atoms with Gasteiger partial charge < -0.3 is 14.8 Å². The van der Waals surface area contributed by atoms with Crippen molar-refractivity contribution in [2.75, 3.05) is 19.5 Å². The second kappa shape index (κ2) is 8.22. The normalized spacial score (nSPS) is 11.4. The Hall–Kier alpha value is -4.08. The van der Waals surface area contributed by atoms with Crippen molar-refractivity contribution in [3.8, 4) is 22.8 Å². The Labute approximate surface area is 180 Å². The number of hydrogen-bond acceptors (Lipinski definition) is 5. The molecule has 0 unspecified atom stereocenters. The Morgan fingerprint density at radius 3 is 2.41 bits per heavy atom. The molecule has 1 amide bonds. The Kier molecular flexibility index (Phi) is 5.43. The molecule has 164 valence electrons. The molecule has 0 bridgehead atoms. The molecule has 0 aliphatic heterocycles. The van der Waals surface area contributed by atoms with Crippen molar-refractivity contribution in [1.29, 1.82) is 0 Å². The number of benzene rings is 2. The maximum Gasteiger partial charge on any atom is 0.433 e. The summed E-state index contributed by atoms with van der Waals surface area (Å²) in [6.45, 7) is 0. The van der Waals surface area contributed by atoms with E-state index in [-0.39, 0.29) is 17.0 Å². The number of halogens is 3. The van der Waals surface area contributed by atoms with Gasteiger partial charge in [0.1, 0.15) is 11.5 Å². The first kappa shape index (κ1) is 21.2. The van der Waals surface area contributed by atoms with E-state index < -0.39 is 17.8 Å². The number of carbonyl (C=O) groups is 1. The fourth-order valence-electron chi connectivity index (χ4n) is 3.13. The highest BCUT2D eigenvalue weighted by Crippen LogP contribution is 2.33. The lowest BCUT2D eigenvalue weighted by atomic mass is 10.1. The lowest BCUT2D eigenvalue weighted by Gasteiger charge is -2.11. The predicted molar refractivity (Wildman–Crippen MR) is 111 cm³/mol. The fraction of sp³-hybridized carbons (Fsp3) is 0.136. The summed E-state index contributed by atoms with van der Waals surface area (Å²) in [6.07, 6.45) is -4.70. The summed E-state index contributed by atoms with van der Waals surface area (Å²) in [6, 6.07) is 15.3. The molecule has 1 N–H and O–H groups in total. The number of ether oxygens (including phenoxy) is 2. The molecule has 0 fully saturated rings. The fourth-order valence-corrected chi connectivity index (χ4v) is 3.13. The minimum atomic E-state index is -4.70. The molecular weight excluding hydrogens is 425 g/mol. The van der Waals surface area contributed by atoms with Crippen LogP contribution in [-0.2, 0) is 6.18 Å².